The van der Waals surface area contributed by atoms with E-state index in [1.807, 2.05) is 13.1 Å². The monoisotopic (exact) mass is 532 g/mol. The van der Waals surface area contributed by atoms with Gasteiger partial charge in [-0.05, 0) is 20.5 Å². The van der Waals surface area contributed by atoms with Gasteiger partial charge >= 0.3 is 0 Å². The first-order valence-electron chi connectivity index (χ1n) is 10.4. The molecule has 2 heterocycles. The zero-order valence-corrected chi connectivity index (χ0v) is 21.2. The van der Waals surface area contributed by atoms with Crippen LogP contribution in [0.4, 0.5) is 5.69 Å². The van der Waals surface area contributed by atoms with Crippen molar-refractivity contribution >= 4 is 35.6 Å². The molecule has 0 amide bonds. The number of hydrogen-bond donors (Lipinski definition) is 2. The van der Waals surface area contributed by atoms with Gasteiger partial charge in [0.2, 0.25) is 0 Å². The Morgan fingerprint density at radius 3 is 2.40 bits per heavy atom. The summed E-state index contributed by atoms with van der Waals surface area (Å²) < 4.78 is 10.8. The van der Waals surface area contributed by atoms with E-state index in [2.05, 4.69) is 56.6 Å². The Balaban J connectivity index is 0.00000320. The van der Waals surface area contributed by atoms with Crippen molar-refractivity contribution in [2.45, 2.75) is 18.5 Å². The Bertz CT molecular complexity index is 682. The smallest absolute Gasteiger partial charge is 0.191 e. The highest BCUT2D eigenvalue weighted by Crippen LogP contribution is 2.30. The van der Waals surface area contributed by atoms with Crippen LogP contribution in [0.15, 0.2) is 23.2 Å². The van der Waals surface area contributed by atoms with E-state index in [4.69, 9.17) is 9.47 Å². The second-order valence-corrected chi connectivity index (χ2v) is 8.00. The van der Waals surface area contributed by atoms with Crippen LogP contribution in [0.3, 0.4) is 0 Å². The van der Waals surface area contributed by atoms with E-state index in [9.17, 15) is 0 Å². The van der Waals surface area contributed by atoms with Gasteiger partial charge in [-0.15, -0.1) is 24.0 Å². The number of nitrogens with zero attached hydrogens (tertiary/aromatic N) is 4. The number of likely N-dealkylation sites (N-methyl/N-ethyl adjacent to an activating group) is 2. The molecule has 1 aromatic carbocycles. The average Bonchev–Trinajstić information content (AvgIpc) is 3.21. The van der Waals surface area contributed by atoms with E-state index in [1.165, 1.54) is 0 Å². The molecule has 2 aliphatic heterocycles. The fourth-order valence-corrected chi connectivity index (χ4v) is 4.01. The fourth-order valence-electron chi connectivity index (χ4n) is 4.01. The molecule has 2 N–H and O–H groups in total. The largest absolute Gasteiger partial charge is 0.497 e. The molecule has 170 valence electrons. The molecule has 0 aromatic heterocycles. The molecule has 8 nitrogen and oxygen atoms in total. The summed E-state index contributed by atoms with van der Waals surface area (Å²) in [7, 11) is 9.60. The summed E-state index contributed by atoms with van der Waals surface area (Å²) in [5.74, 6) is 2.51. The van der Waals surface area contributed by atoms with E-state index in [-0.39, 0.29) is 24.0 Å². The standard InChI is InChI=1S/C21H36N6O2.HI/c1-22-21(23-13-18-15-25(2)8-9-26(18)3)24-16-6-7-27(14-16)17-10-19(28-4)12-20(11-17)29-5;/h10-12,16,18H,6-9,13-15H2,1-5H3,(H2,22,23,24);1H. The third-order valence-electron chi connectivity index (χ3n) is 5.94. The zero-order valence-electron chi connectivity index (χ0n) is 18.9. The third-order valence-corrected chi connectivity index (χ3v) is 5.94. The Labute approximate surface area is 198 Å². The third kappa shape index (κ3) is 6.52. The minimum absolute atomic E-state index is 0. The first kappa shape index (κ1) is 24.8. The number of piperazine rings is 1. The van der Waals surface area contributed by atoms with Gasteiger partial charge in [0, 0.05) is 82.3 Å². The normalized spacial score (nSPS) is 23.1. The number of anilines is 1. The molecular formula is C21H37IN6O2. The maximum Gasteiger partial charge on any atom is 0.191 e. The van der Waals surface area contributed by atoms with Crippen molar-refractivity contribution in [2.75, 3.05) is 79.5 Å². The molecule has 0 aliphatic carbocycles. The van der Waals surface area contributed by atoms with Gasteiger partial charge in [-0.25, -0.2) is 0 Å². The lowest BCUT2D eigenvalue weighted by atomic mass is 10.2. The number of ether oxygens (including phenoxy) is 2. The summed E-state index contributed by atoms with van der Waals surface area (Å²) in [5, 5.41) is 7.11. The molecule has 1 aromatic rings. The second-order valence-electron chi connectivity index (χ2n) is 8.00. The van der Waals surface area contributed by atoms with Crippen LogP contribution >= 0.6 is 24.0 Å². The zero-order chi connectivity index (χ0) is 20.8. The molecule has 2 unspecified atom stereocenters. The van der Waals surface area contributed by atoms with Crippen molar-refractivity contribution in [1.82, 2.24) is 20.4 Å². The molecule has 3 rings (SSSR count). The predicted molar refractivity (Wildman–Crippen MR) is 134 cm³/mol. The van der Waals surface area contributed by atoms with E-state index >= 15 is 0 Å². The molecule has 0 saturated carbocycles. The highest BCUT2D eigenvalue weighted by molar-refractivity contribution is 14.0. The number of benzene rings is 1. The quantitative estimate of drug-likeness (QED) is 0.326. The van der Waals surface area contributed by atoms with Crippen molar-refractivity contribution < 1.29 is 9.47 Å². The molecule has 2 saturated heterocycles. The van der Waals surface area contributed by atoms with Gasteiger partial charge in [-0.2, -0.15) is 0 Å². The van der Waals surface area contributed by atoms with Gasteiger partial charge in [-0.1, -0.05) is 0 Å². The van der Waals surface area contributed by atoms with Gasteiger partial charge < -0.3 is 29.9 Å². The van der Waals surface area contributed by atoms with Gasteiger partial charge in [0.05, 0.1) is 14.2 Å². The predicted octanol–water partition coefficient (Wildman–Crippen LogP) is 1.31. The van der Waals surface area contributed by atoms with Gasteiger partial charge in [0.1, 0.15) is 11.5 Å². The maximum absolute atomic E-state index is 5.41. The van der Waals surface area contributed by atoms with Gasteiger partial charge in [0.15, 0.2) is 5.96 Å². The van der Waals surface area contributed by atoms with Crippen LogP contribution in [-0.2, 0) is 0 Å². The number of guanidine groups is 1. The van der Waals surface area contributed by atoms with E-state index in [1.54, 1.807) is 14.2 Å². The van der Waals surface area contributed by atoms with Gasteiger partial charge in [-0.3, -0.25) is 9.89 Å². The summed E-state index contributed by atoms with van der Waals surface area (Å²) in [6.07, 6.45) is 1.06. The van der Waals surface area contributed by atoms with Crippen molar-refractivity contribution in [3.63, 3.8) is 0 Å². The molecule has 2 aliphatic rings. The van der Waals surface area contributed by atoms with Crippen LogP contribution in [-0.4, -0.2) is 102 Å². The molecule has 2 atom stereocenters. The summed E-state index contributed by atoms with van der Waals surface area (Å²) in [6.45, 7) is 6.12. The van der Waals surface area contributed by atoms with Crippen LogP contribution in [0.5, 0.6) is 11.5 Å². The lowest BCUT2D eigenvalue weighted by Crippen LogP contribution is -2.56. The Morgan fingerprint density at radius 1 is 1.07 bits per heavy atom. The molecule has 9 heteroatoms. The average molecular weight is 532 g/mol. The minimum atomic E-state index is 0. The van der Waals surface area contributed by atoms with Crippen LogP contribution in [0, 0.1) is 0 Å². The number of hydrogen-bond acceptors (Lipinski definition) is 6. The van der Waals surface area contributed by atoms with Crippen molar-refractivity contribution in [3.05, 3.63) is 18.2 Å². The number of aliphatic imine (C=N–C) groups is 1. The molecule has 2 fully saturated rings. The lowest BCUT2D eigenvalue weighted by molar-refractivity contribution is 0.116. The first-order chi connectivity index (χ1) is 14.0. The van der Waals surface area contributed by atoms with E-state index < -0.39 is 0 Å². The minimum Gasteiger partial charge on any atom is -0.497 e. The first-order valence-corrected chi connectivity index (χ1v) is 10.4. The maximum atomic E-state index is 5.41. The SMILES string of the molecule is CN=C(NCC1CN(C)CCN1C)NC1CCN(c2cc(OC)cc(OC)c2)C1.I. The van der Waals surface area contributed by atoms with Crippen LogP contribution in [0.2, 0.25) is 0 Å². The van der Waals surface area contributed by atoms with Crippen LogP contribution in [0.1, 0.15) is 6.42 Å². The Kier molecular flexibility index (Phi) is 9.76. The van der Waals surface area contributed by atoms with E-state index in [0.717, 1.165) is 68.8 Å². The summed E-state index contributed by atoms with van der Waals surface area (Å²) in [4.78, 5) is 11.6. The molecule has 30 heavy (non-hydrogen) atoms. The number of nitrogens with one attached hydrogen (secondary N) is 2. The molecule has 0 spiro atoms. The number of halogens is 1. The molecule has 0 radical (unpaired) electrons. The Morgan fingerprint density at radius 2 is 1.77 bits per heavy atom. The van der Waals surface area contributed by atoms with E-state index in [0.29, 0.717) is 12.1 Å². The van der Waals surface area contributed by atoms with Crippen LogP contribution in [0.25, 0.3) is 0 Å². The van der Waals surface area contributed by atoms with Crippen molar-refractivity contribution in [1.29, 1.82) is 0 Å². The highest BCUT2D eigenvalue weighted by Gasteiger charge is 2.26. The summed E-state index contributed by atoms with van der Waals surface area (Å²) >= 11 is 0. The van der Waals surface area contributed by atoms with Gasteiger partial charge in [0.25, 0.3) is 0 Å². The van der Waals surface area contributed by atoms with Crippen LogP contribution < -0.4 is 25.0 Å². The van der Waals surface area contributed by atoms with Crippen molar-refractivity contribution in [2.24, 2.45) is 4.99 Å². The number of rotatable bonds is 6. The molecule has 0 bridgehead atoms. The number of methoxy groups -OCH3 is 2. The topological polar surface area (TPSA) is 64.6 Å². The second kappa shape index (κ2) is 11.8. The fraction of sp³-hybridized carbons (Fsp3) is 0.667. The Hall–Kier alpha value is -1.46. The summed E-state index contributed by atoms with van der Waals surface area (Å²) in [5.41, 5.74) is 1.13. The van der Waals surface area contributed by atoms with Crippen molar-refractivity contribution in [3.8, 4) is 11.5 Å². The highest BCUT2D eigenvalue weighted by atomic mass is 127. The molecular weight excluding hydrogens is 495 g/mol. The lowest BCUT2D eigenvalue weighted by Gasteiger charge is -2.38. The summed E-state index contributed by atoms with van der Waals surface area (Å²) in [6, 6.07) is 6.88.